The maximum absolute atomic E-state index is 9.55. The van der Waals surface area contributed by atoms with Crippen LogP contribution in [0.4, 0.5) is 0 Å². The van der Waals surface area contributed by atoms with Crippen LogP contribution in [0.3, 0.4) is 0 Å². The number of aliphatic hydroxyl groups is 1. The van der Waals surface area contributed by atoms with E-state index in [4.69, 9.17) is 10.9 Å². The van der Waals surface area contributed by atoms with Crippen LogP contribution in [0.2, 0.25) is 0 Å². The smallest absolute Gasteiger partial charge is 0.139 e. The average molecular weight is 215 g/mol. The molecule has 1 rings (SSSR count). The Labute approximate surface area is 90.6 Å². The van der Waals surface area contributed by atoms with E-state index in [0.717, 1.165) is 32.5 Å². The van der Waals surface area contributed by atoms with E-state index >= 15 is 0 Å². The van der Waals surface area contributed by atoms with Gasteiger partial charge in [-0.25, -0.2) is 0 Å². The van der Waals surface area contributed by atoms with E-state index in [1.54, 1.807) is 0 Å². The number of oxime groups is 1. The number of rotatable bonds is 4. The standard InChI is InChI=1S/C10H21N3O2/c1-8-7-13(6-4-9(8)14)5-2-3-10(11)12-15/h8-9,14-15H,2-7H2,1H3,(H2,11,12). The van der Waals surface area contributed by atoms with E-state index in [2.05, 4.69) is 17.0 Å². The third-order valence-corrected chi connectivity index (χ3v) is 2.98. The molecule has 1 aliphatic heterocycles. The van der Waals surface area contributed by atoms with Crippen molar-refractivity contribution in [3.05, 3.63) is 0 Å². The molecule has 2 atom stereocenters. The zero-order valence-corrected chi connectivity index (χ0v) is 9.26. The van der Waals surface area contributed by atoms with Gasteiger partial charge in [-0.1, -0.05) is 12.1 Å². The topological polar surface area (TPSA) is 82.1 Å². The van der Waals surface area contributed by atoms with Gasteiger partial charge in [0.25, 0.3) is 0 Å². The van der Waals surface area contributed by atoms with Crippen LogP contribution in [0.25, 0.3) is 0 Å². The Morgan fingerprint density at radius 1 is 1.60 bits per heavy atom. The van der Waals surface area contributed by atoms with Gasteiger partial charge in [0.1, 0.15) is 5.84 Å². The molecular weight excluding hydrogens is 194 g/mol. The highest BCUT2D eigenvalue weighted by atomic mass is 16.4. The van der Waals surface area contributed by atoms with Crippen LogP contribution < -0.4 is 5.73 Å². The fraction of sp³-hybridized carbons (Fsp3) is 0.900. The summed E-state index contributed by atoms with van der Waals surface area (Å²) in [7, 11) is 0. The number of nitrogens with two attached hydrogens (primary N) is 1. The van der Waals surface area contributed by atoms with E-state index in [0.29, 0.717) is 18.2 Å². The second-order valence-electron chi connectivity index (χ2n) is 4.33. The number of aliphatic hydroxyl groups excluding tert-OH is 1. The van der Waals surface area contributed by atoms with Gasteiger partial charge in [0, 0.05) is 19.5 Å². The molecule has 4 N–H and O–H groups in total. The number of likely N-dealkylation sites (tertiary alicyclic amines) is 1. The van der Waals surface area contributed by atoms with E-state index < -0.39 is 0 Å². The third-order valence-electron chi connectivity index (χ3n) is 2.98. The minimum atomic E-state index is -0.148. The van der Waals surface area contributed by atoms with Crippen LogP contribution in [0, 0.1) is 5.92 Å². The molecule has 0 aromatic carbocycles. The summed E-state index contributed by atoms with van der Waals surface area (Å²) in [5.74, 6) is 0.641. The molecule has 0 aromatic rings. The Balaban J connectivity index is 2.17. The third kappa shape index (κ3) is 4.05. The SMILES string of the molecule is CC1CN(CCCC(N)=NO)CCC1O. The Morgan fingerprint density at radius 2 is 2.33 bits per heavy atom. The predicted molar refractivity (Wildman–Crippen MR) is 58.9 cm³/mol. The summed E-state index contributed by atoms with van der Waals surface area (Å²) in [6.45, 7) is 4.91. The van der Waals surface area contributed by atoms with Crippen LogP contribution in [-0.4, -0.2) is 46.8 Å². The Kier molecular flexibility index (Phi) is 4.84. The molecular formula is C10H21N3O2. The summed E-state index contributed by atoms with van der Waals surface area (Å²) in [5, 5.41) is 20.8. The largest absolute Gasteiger partial charge is 0.409 e. The quantitative estimate of drug-likeness (QED) is 0.271. The van der Waals surface area contributed by atoms with E-state index in [1.807, 2.05) is 0 Å². The molecule has 5 nitrogen and oxygen atoms in total. The van der Waals surface area contributed by atoms with E-state index in [-0.39, 0.29) is 6.10 Å². The van der Waals surface area contributed by atoms with Crippen molar-refractivity contribution in [3.8, 4) is 0 Å². The molecule has 5 heteroatoms. The van der Waals surface area contributed by atoms with Crippen molar-refractivity contribution >= 4 is 5.84 Å². The zero-order valence-electron chi connectivity index (χ0n) is 9.26. The molecule has 2 unspecified atom stereocenters. The van der Waals surface area contributed by atoms with Gasteiger partial charge in [-0.15, -0.1) is 0 Å². The second kappa shape index (κ2) is 5.92. The molecule has 1 saturated heterocycles. The lowest BCUT2D eigenvalue weighted by Crippen LogP contribution is -2.42. The highest BCUT2D eigenvalue weighted by Crippen LogP contribution is 2.16. The zero-order chi connectivity index (χ0) is 11.3. The fourth-order valence-electron chi connectivity index (χ4n) is 1.96. The van der Waals surface area contributed by atoms with Gasteiger partial charge >= 0.3 is 0 Å². The van der Waals surface area contributed by atoms with Crippen molar-refractivity contribution in [1.29, 1.82) is 0 Å². The number of piperidine rings is 1. The summed E-state index contributed by atoms with van der Waals surface area (Å²) in [6.07, 6.45) is 2.23. The number of amidine groups is 1. The maximum Gasteiger partial charge on any atom is 0.139 e. The minimum Gasteiger partial charge on any atom is -0.409 e. The summed E-state index contributed by atoms with van der Waals surface area (Å²) in [5.41, 5.74) is 5.38. The van der Waals surface area contributed by atoms with Crippen LogP contribution in [0.1, 0.15) is 26.2 Å². The first-order valence-electron chi connectivity index (χ1n) is 5.50. The van der Waals surface area contributed by atoms with Crippen LogP contribution >= 0.6 is 0 Å². The number of hydrogen-bond donors (Lipinski definition) is 3. The minimum absolute atomic E-state index is 0.148. The van der Waals surface area contributed by atoms with Crippen molar-refractivity contribution < 1.29 is 10.3 Å². The van der Waals surface area contributed by atoms with Crippen LogP contribution in [-0.2, 0) is 0 Å². The van der Waals surface area contributed by atoms with Crippen molar-refractivity contribution in [1.82, 2.24) is 4.90 Å². The van der Waals surface area contributed by atoms with E-state index in [9.17, 15) is 5.11 Å². The van der Waals surface area contributed by atoms with Crippen molar-refractivity contribution in [2.24, 2.45) is 16.8 Å². The predicted octanol–water partition coefficient (Wildman–Crippen LogP) is 0.216. The number of hydrogen-bond acceptors (Lipinski definition) is 4. The first kappa shape index (κ1) is 12.3. The molecule has 0 aliphatic carbocycles. The molecule has 1 fully saturated rings. The first-order valence-corrected chi connectivity index (χ1v) is 5.50. The fourth-order valence-corrected chi connectivity index (χ4v) is 1.96. The van der Waals surface area contributed by atoms with Gasteiger partial charge in [-0.3, -0.25) is 0 Å². The Morgan fingerprint density at radius 3 is 2.93 bits per heavy atom. The van der Waals surface area contributed by atoms with Crippen molar-refractivity contribution in [3.63, 3.8) is 0 Å². The average Bonchev–Trinajstić information content (AvgIpc) is 2.23. The van der Waals surface area contributed by atoms with Gasteiger partial charge in [0.15, 0.2) is 0 Å². The summed E-state index contributed by atoms with van der Waals surface area (Å²) in [4.78, 5) is 2.32. The molecule has 0 spiro atoms. The van der Waals surface area contributed by atoms with Crippen molar-refractivity contribution in [2.75, 3.05) is 19.6 Å². The van der Waals surface area contributed by atoms with Crippen LogP contribution in [0.5, 0.6) is 0 Å². The summed E-state index contributed by atoms with van der Waals surface area (Å²) >= 11 is 0. The lowest BCUT2D eigenvalue weighted by atomic mass is 9.96. The van der Waals surface area contributed by atoms with Gasteiger partial charge in [-0.2, -0.15) is 0 Å². The highest BCUT2D eigenvalue weighted by Gasteiger charge is 2.23. The van der Waals surface area contributed by atoms with Gasteiger partial charge in [0.05, 0.1) is 6.10 Å². The van der Waals surface area contributed by atoms with Gasteiger partial charge < -0.3 is 20.9 Å². The Hall–Kier alpha value is -0.810. The normalized spacial score (nSPS) is 29.3. The summed E-state index contributed by atoms with van der Waals surface area (Å²) < 4.78 is 0. The Bertz CT molecular complexity index is 221. The monoisotopic (exact) mass is 215 g/mol. The molecule has 88 valence electrons. The molecule has 0 radical (unpaired) electrons. The molecule has 0 bridgehead atoms. The highest BCUT2D eigenvalue weighted by molar-refractivity contribution is 5.79. The molecule has 15 heavy (non-hydrogen) atoms. The van der Waals surface area contributed by atoms with Gasteiger partial charge in [0.2, 0.25) is 0 Å². The molecule has 0 aromatic heterocycles. The first-order chi connectivity index (χ1) is 7.13. The molecule has 0 saturated carbocycles. The lowest BCUT2D eigenvalue weighted by Gasteiger charge is -2.34. The molecule has 1 heterocycles. The molecule has 1 aliphatic rings. The number of nitrogens with zero attached hydrogens (tertiary/aromatic N) is 2. The second-order valence-corrected chi connectivity index (χ2v) is 4.33. The molecule has 0 amide bonds. The van der Waals surface area contributed by atoms with Crippen molar-refractivity contribution in [2.45, 2.75) is 32.3 Å². The summed E-state index contributed by atoms with van der Waals surface area (Å²) in [6, 6.07) is 0. The maximum atomic E-state index is 9.55. The lowest BCUT2D eigenvalue weighted by molar-refractivity contribution is 0.0349. The van der Waals surface area contributed by atoms with Crippen LogP contribution in [0.15, 0.2) is 5.16 Å². The van der Waals surface area contributed by atoms with Gasteiger partial charge in [-0.05, 0) is 25.3 Å². The van der Waals surface area contributed by atoms with E-state index in [1.165, 1.54) is 0 Å².